The predicted octanol–water partition coefficient (Wildman–Crippen LogP) is 6.35. The molecule has 0 aromatic rings. The van der Waals surface area contributed by atoms with Crippen molar-refractivity contribution in [2.45, 2.75) is 60.7 Å². The van der Waals surface area contributed by atoms with Gasteiger partial charge in [-0.15, -0.1) is 0 Å². The maximum Gasteiger partial charge on any atom is 0.460 e. The van der Waals surface area contributed by atoms with E-state index in [9.17, 15) is 88.6 Å². The second-order valence-electron chi connectivity index (χ2n) is 6.87. The van der Waals surface area contributed by atoms with Gasteiger partial charge in [0.05, 0.1) is 26.1 Å². The highest BCUT2D eigenvalue weighted by molar-refractivity contribution is 5.91. The molecule has 224 valence electrons. The van der Waals surface area contributed by atoms with Crippen molar-refractivity contribution in [3.05, 3.63) is 12.2 Å². The first-order chi connectivity index (χ1) is 16.5. The first-order valence-corrected chi connectivity index (χ1v) is 8.91. The van der Waals surface area contributed by atoms with Crippen LogP contribution in [-0.2, 0) is 19.1 Å². The van der Waals surface area contributed by atoms with Crippen LogP contribution in [0.15, 0.2) is 12.2 Å². The van der Waals surface area contributed by atoms with Crippen LogP contribution in [0.3, 0.4) is 0 Å². The molecule has 0 amide bonds. The van der Waals surface area contributed by atoms with Crippen molar-refractivity contribution in [3.63, 3.8) is 0 Å². The number of carbonyl (C=O) groups excluding carboxylic acids is 2. The Labute approximate surface area is 197 Å². The Morgan fingerprint density at radius 1 is 0.447 bits per heavy atom. The van der Waals surface area contributed by atoms with E-state index < -0.39 is 85.9 Å². The zero-order valence-corrected chi connectivity index (χ0v) is 17.4. The second kappa shape index (κ2) is 10.9. The summed E-state index contributed by atoms with van der Waals surface area (Å²) in [5, 5.41) is 0. The highest BCUT2D eigenvalue weighted by Crippen LogP contribution is 2.55. The van der Waals surface area contributed by atoms with Crippen molar-refractivity contribution in [1.82, 2.24) is 0 Å². The summed E-state index contributed by atoms with van der Waals surface area (Å²) in [5.41, 5.74) is 0. The SMILES string of the molecule is O=C(C=CC(=O)OCCC(F)(F)C(F)(F)C(F)(F)C(F)(F)F)OCCC(F)(F)C(F)(F)C(F)(F)C(F)(F)F. The van der Waals surface area contributed by atoms with E-state index in [0.29, 0.717) is 0 Å². The molecule has 0 rings (SSSR count). The lowest BCUT2D eigenvalue weighted by atomic mass is 10.0. The Morgan fingerprint density at radius 2 is 0.684 bits per heavy atom. The maximum absolute atomic E-state index is 13.2. The quantitative estimate of drug-likeness (QED) is 0.147. The maximum atomic E-state index is 13.2. The first kappa shape index (κ1) is 35.4. The molecule has 0 aliphatic carbocycles. The van der Waals surface area contributed by atoms with E-state index in [2.05, 4.69) is 9.47 Å². The largest absolute Gasteiger partial charge is 0.462 e. The predicted molar refractivity (Wildman–Crippen MR) is 82.1 cm³/mol. The van der Waals surface area contributed by atoms with E-state index in [1.165, 1.54) is 0 Å². The van der Waals surface area contributed by atoms with E-state index in [1.54, 1.807) is 0 Å². The Kier molecular flexibility index (Phi) is 10.1. The molecule has 0 aliphatic rings. The van der Waals surface area contributed by atoms with Gasteiger partial charge in [-0.3, -0.25) is 0 Å². The van der Waals surface area contributed by atoms with Crippen molar-refractivity contribution in [2.24, 2.45) is 0 Å². The molecule has 0 heterocycles. The Morgan fingerprint density at radius 3 is 0.895 bits per heavy atom. The molecule has 38 heavy (non-hydrogen) atoms. The lowest BCUT2D eigenvalue weighted by Gasteiger charge is -2.33. The molecule has 0 unspecified atom stereocenters. The molecule has 0 bridgehead atoms. The van der Waals surface area contributed by atoms with E-state index >= 15 is 0 Å². The summed E-state index contributed by atoms with van der Waals surface area (Å²) in [7, 11) is 0. The third-order valence-corrected chi connectivity index (χ3v) is 4.10. The van der Waals surface area contributed by atoms with Crippen LogP contribution in [-0.4, -0.2) is 73.0 Å². The van der Waals surface area contributed by atoms with Gasteiger partial charge in [0, 0.05) is 12.2 Å². The molecule has 0 aromatic carbocycles. The molecule has 4 nitrogen and oxygen atoms in total. The Balaban J connectivity index is 4.94. The molecular formula is C16H10F18O4. The van der Waals surface area contributed by atoms with E-state index in [0.717, 1.165) is 0 Å². The van der Waals surface area contributed by atoms with Gasteiger partial charge in [-0.05, 0) is 0 Å². The van der Waals surface area contributed by atoms with Crippen LogP contribution in [0.1, 0.15) is 12.8 Å². The van der Waals surface area contributed by atoms with Gasteiger partial charge in [0.15, 0.2) is 0 Å². The summed E-state index contributed by atoms with van der Waals surface area (Å²) in [6.45, 7) is -3.94. The first-order valence-electron chi connectivity index (χ1n) is 8.91. The number of rotatable bonds is 12. The van der Waals surface area contributed by atoms with Gasteiger partial charge in [0.2, 0.25) is 0 Å². The van der Waals surface area contributed by atoms with Crippen molar-refractivity contribution in [1.29, 1.82) is 0 Å². The summed E-state index contributed by atoms with van der Waals surface area (Å²) in [6, 6.07) is 0. The monoisotopic (exact) mass is 608 g/mol. The smallest absolute Gasteiger partial charge is 0.460 e. The fraction of sp³-hybridized carbons (Fsp3) is 0.750. The van der Waals surface area contributed by atoms with Gasteiger partial charge >= 0.3 is 59.8 Å². The molecule has 0 spiro atoms. The number of hydrogen-bond donors (Lipinski definition) is 0. The highest BCUT2D eigenvalue weighted by Gasteiger charge is 2.82. The van der Waals surface area contributed by atoms with E-state index in [4.69, 9.17) is 0 Å². The molecular weight excluding hydrogens is 598 g/mol. The molecule has 0 N–H and O–H groups in total. The molecule has 22 heteroatoms. The summed E-state index contributed by atoms with van der Waals surface area (Å²) in [6.07, 6.45) is -19.8. The van der Waals surface area contributed by atoms with Gasteiger partial charge in [-0.25, -0.2) is 9.59 Å². The second-order valence-corrected chi connectivity index (χ2v) is 6.87. The Bertz CT molecular complexity index is 801. The van der Waals surface area contributed by atoms with Crippen LogP contribution >= 0.6 is 0 Å². The van der Waals surface area contributed by atoms with E-state index in [1.807, 2.05) is 0 Å². The number of halogens is 18. The average molecular weight is 608 g/mol. The third kappa shape index (κ3) is 7.08. The summed E-state index contributed by atoms with van der Waals surface area (Å²) >= 11 is 0. The lowest BCUT2D eigenvalue weighted by Crippen LogP contribution is -2.61. The molecule has 0 saturated heterocycles. The van der Waals surface area contributed by atoms with Gasteiger partial charge < -0.3 is 9.47 Å². The van der Waals surface area contributed by atoms with Crippen LogP contribution in [0.2, 0.25) is 0 Å². The number of ether oxygens (including phenoxy) is 2. The topological polar surface area (TPSA) is 52.6 Å². The van der Waals surface area contributed by atoms with Gasteiger partial charge in [-0.1, -0.05) is 0 Å². The molecule has 0 aliphatic heterocycles. The molecule has 0 radical (unpaired) electrons. The van der Waals surface area contributed by atoms with Gasteiger partial charge in [0.25, 0.3) is 0 Å². The van der Waals surface area contributed by atoms with Crippen LogP contribution in [0.5, 0.6) is 0 Å². The third-order valence-electron chi connectivity index (χ3n) is 4.10. The average Bonchev–Trinajstić information content (AvgIpc) is 2.69. The fourth-order valence-corrected chi connectivity index (χ4v) is 1.92. The van der Waals surface area contributed by atoms with Crippen molar-refractivity contribution < 1.29 is 98.1 Å². The zero-order chi connectivity index (χ0) is 30.8. The molecule has 0 atom stereocenters. The number of esters is 2. The summed E-state index contributed by atoms with van der Waals surface area (Å²) in [4.78, 5) is 22.2. The Hall–Kier alpha value is -2.58. The number of alkyl halides is 18. The fourth-order valence-electron chi connectivity index (χ4n) is 1.92. The summed E-state index contributed by atoms with van der Waals surface area (Å²) < 4.78 is 235. The standard InChI is InChI=1S/C16H10F18O4/c17-9(18,11(21,22)13(25,26)15(29,30)31)3-5-37-7(35)1-2-8(36)38-6-4-10(19,20)12(23,24)14(27,28)16(32,33)34/h1-2H,3-6H2. The van der Waals surface area contributed by atoms with Crippen molar-refractivity contribution in [2.75, 3.05) is 13.2 Å². The van der Waals surface area contributed by atoms with E-state index in [-0.39, 0.29) is 12.2 Å². The minimum absolute atomic E-state index is 0.187. The minimum Gasteiger partial charge on any atom is -0.462 e. The zero-order valence-electron chi connectivity index (χ0n) is 17.4. The van der Waals surface area contributed by atoms with Crippen LogP contribution in [0, 0.1) is 0 Å². The van der Waals surface area contributed by atoms with Crippen LogP contribution < -0.4 is 0 Å². The van der Waals surface area contributed by atoms with Crippen molar-refractivity contribution in [3.8, 4) is 0 Å². The lowest BCUT2D eigenvalue weighted by molar-refractivity contribution is -0.397. The number of carbonyl (C=O) groups is 2. The van der Waals surface area contributed by atoms with Crippen molar-refractivity contribution >= 4 is 11.9 Å². The van der Waals surface area contributed by atoms with Gasteiger partial charge in [0.1, 0.15) is 0 Å². The van der Waals surface area contributed by atoms with Crippen LogP contribution in [0.25, 0.3) is 0 Å². The minimum atomic E-state index is -7.22. The summed E-state index contributed by atoms with van der Waals surface area (Å²) in [5.74, 6) is -44.7. The normalized spacial score (nSPS) is 15.1. The highest BCUT2D eigenvalue weighted by atomic mass is 19.4. The molecule has 0 aromatic heterocycles. The molecule has 0 fully saturated rings. The molecule has 0 saturated carbocycles. The van der Waals surface area contributed by atoms with Crippen LogP contribution in [0.4, 0.5) is 79.0 Å². The number of hydrogen-bond acceptors (Lipinski definition) is 4. The van der Waals surface area contributed by atoms with Gasteiger partial charge in [-0.2, -0.15) is 79.0 Å².